The quantitative estimate of drug-likeness (QED) is 0.612. The van der Waals surface area contributed by atoms with E-state index in [2.05, 4.69) is 8.92 Å². The molecule has 88 valence electrons. The second-order valence-corrected chi connectivity index (χ2v) is 3.43. The standard InChI is InChI=1S/C9H7F3O3S/c1-14-8(13)6-3-2-4-7(5-6)15-16-9(10,11)12/h2-5H,1H3. The third-order valence-electron chi connectivity index (χ3n) is 1.49. The van der Waals surface area contributed by atoms with Crippen LogP contribution in [0.15, 0.2) is 24.3 Å². The predicted molar refractivity (Wildman–Crippen MR) is 52.1 cm³/mol. The van der Waals surface area contributed by atoms with E-state index in [1.165, 1.54) is 31.4 Å². The van der Waals surface area contributed by atoms with Crippen LogP contribution in [0.4, 0.5) is 13.2 Å². The van der Waals surface area contributed by atoms with Crippen LogP contribution in [-0.4, -0.2) is 18.6 Å². The molecule has 0 amide bonds. The van der Waals surface area contributed by atoms with Crippen LogP contribution in [0.1, 0.15) is 10.4 Å². The second-order valence-electron chi connectivity index (χ2n) is 2.63. The fourth-order valence-corrected chi connectivity index (χ4v) is 1.18. The molecule has 0 spiro atoms. The molecular formula is C9H7F3O3S. The average molecular weight is 252 g/mol. The molecule has 1 aromatic rings. The van der Waals surface area contributed by atoms with Crippen molar-refractivity contribution < 1.29 is 26.9 Å². The van der Waals surface area contributed by atoms with E-state index in [9.17, 15) is 18.0 Å². The summed E-state index contributed by atoms with van der Waals surface area (Å²) in [5.74, 6) is -0.701. The number of alkyl halides is 3. The number of esters is 1. The number of carbonyl (C=O) groups excluding carboxylic acids is 1. The van der Waals surface area contributed by atoms with E-state index in [4.69, 9.17) is 0 Å². The molecule has 0 atom stereocenters. The van der Waals surface area contributed by atoms with Gasteiger partial charge < -0.3 is 8.92 Å². The van der Waals surface area contributed by atoms with Crippen LogP contribution in [0.25, 0.3) is 0 Å². The molecule has 0 saturated heterocycles. The highest BCUT2D eigenvalue weighted by molar-refractivity contribution is 7.95. The Hall–Kier alpha value is -1.37. The lowest BCUT2D eigenvalue weighted by molar-refractivity contribution is -0.0369. The summed E-state index contributed by atoms with van der Waals surface area (Å²) >= 11 is -0.637. The molecule has 0 aliphatic heterocycles. The maximum absolute atomic E-state index is 11.8. The lowest BCUT2D eigenvalue weighted by Crippen LogP contribution is -2.04. The number of ether oxygens (including phenoxy) is 1. The number of carbonyl (C=O) groups is 1. The number of rotatable bonds is 3. The van der Waals surface area contributed by atoms with Crippen molar-refractivity contribution in [1.29, 1.82) is 0 Å². The molecule has 0 heterocycles. The van der Waals surface area contributed by atoms with Crippen LogP contribution in [0.3, 0.4) is 0 Å². The van der Waals surface area contributed by atoms with Gasteiger partial charge in [-0.25, -0.2) is 4.79 Å². The molecule has 0 aromatic heterocycles. The van der Waals surface area contributed by atoms with E-state index < -0.39 is 23.5 Å². The summed E-state index contributed by atoms with van der Waals surface area (Å²) in [6.45, 7) is 0. The van der Waals surface area contributed by atoms with E-state index in [1.807, 2.05) is 0 Å². The van der Waals surface area contributed by atoms with Gasteiger partial charge in [0.05, 0.1) is 12.7 Å². The van der Waals surface area contributed by atoms with Gasteiger partial charge in [0.25, 0.3) is 0 Å². The number of halogens is 3. The normalized spacial score (nSPS) is 11.0. The van der Waals surface area contributed by atoms with Crippen LogP contribution in [0.2, 0.25) is 0 Å². The molecule has 0 aliphatic carbocycles. The molecule has 0 N–H and O–H groups in total. The summed E-state index contributed by atoms with van der Waals surface area (Å²) in [5, 5.41) is 0. The summed E-state index contributed by atoms with van der Waals surface area (Å²) in [5.41, 5.74) is -4.36. The molecule has 0 unspecified atom stereocenters. The lowest BCUT2D eigenvalue weighted by atomic mass is 10.2. The summed E-state index contributed by atoms with van der Waals surface area (Å²) < 4.78 is 44.2. The van der Waals surface area contributed by atoms with Gasteiger partial charge in [-0.2, -0.15) is 13.2 Å². The van der Waals surface area contributed by atoms with E-state index >= 15 is 0 Å². The van der Waals surface area contributed by atoms with Gasteiger partial charge in [0.2, 0.25) is 0 Å². The van der Waals surface area contributed by atoms with Crippen molar-refractivity contribution in [3.05, 3.63) is 29.8 Å². The molecule has 1 rings (SSSR count). The van der Waals surface area contributed by atoms with E-state index in [1.54, 1.807) is 0 Å². The molecule has 0 radical (unpaired) electrons. The molecule has 0 saturated carbocycles. The second kappa shape index (κ2) is 5.11. The highest BCUT2D eigenvalue weighted by atomic mass is 32.2. The van der Waals surface area contributed by atoms with Crippen LogP contribution >= 0.6 is 12.0 Å². The molecule has 7 heteroatoms. The van der Waals surface area contributed by atoms with Gasteiger partial charge >= 0.3 is 11.5 Å². The zero-order valence-electron chi connectivity index (χ0n) is 8.08. The minimum atomic E-state index is -4.48. The lowest BCUT2D eigenvalue weighted by Gasteiger charge is -2.07. The Labute approximate surface area is 93.7 Å². The van der Waals surface area contributed by atoms with Gasteiger partial charge in [-0.05, 0) is 18.2 Å². The monoisotopic (exact) mass is 252 g/mol. The first-order valence-corrected chi connectivity index (χ1v) is 4.77. The Kier molecular flexibility index (Phi) is 4.05. The largest absolute Gasteiger partial charge is 0.479 e. The van der Waals surface area contributed by atoms with Crippen molar-refractivity contribution in [3.8, 4) is 5.75 Å². The fourth-order valence-electron chi connectivity index (χ4n) is 0.888. The summed E-state index contributed by atoms with van der Waals surface area (Å²) in [7, 11) is 1.18. The molecule has 3 nitrogen and oxygen atoms in total. The van der Waals surface area contributed by atoms with Gasteiger partial charge in [-0.3, -0.25) is 0 Å². The summed E-state index contributed by atoms with van der Waals surface area (Å²) in [6, 6.07) is 5.30. The first-order chi connectivity index (χ1) is 7.42. The van der Waals surface area contributed by atoms with Crippen molar-refractivity contribution in [2.75, 3.05) is 7.11 Å². The number of methoxy groups -OCH3 is 1. The molecule has 0 fully saturated rings. The van der Waals surface area contributed by atoms with Crippen molar-refractivity contribution >= 4 is 18.0 Å². The first kappa shape index (κ1) is 12.7. The summed E-state index contributed by atoms with van der Waals surface area (Å²) in [4.78, 5) is 11.1. The van der Waals surface area contributed by atoms with Crippen molar-refractivity contribution in [1.82, 2.24) is 0 Å². The van der Waals surface area contributed by atoms with Crippen molar-refractivity contribution in [2.24, 2.45) is 0 Å². The van der Waals surface area contributed by atoms with Gasteiger partial charge in [0, 0.05) is 0 Å². The van der Waals surface area contributed by atoms with Gasteiger partial charge in [-0.1, -0.05) is 6.07 Å². The maximum Gasteiger partial charge on any atom is 0.479 e. The Morgan fingerprint density at radius 2 is 2.06 bits per heavy atom. The Morgan fingerprint density at radius 1 is 1.38 bits per heavy atom. The van der Waals surface area contributed by atoms with Crippen LogP contribution in [0.5, 0.6) is 5.75 Å². The topological polar surface area (TPSA) is 35.5 Å². The molecule has 0 bridgehead atoms. The Bertz CT molecular complexity index is 379. The molecule has 0 aliphatic rings. The van der Waals surface area contributed by atoms with Gasteiger partial charge in [0.15, 0.2) is 12.0 Å². The van der Waals surface area contributed by atoms with E-state index in [0.717, 1.165) is 0 Å². The zero-order chi connectivity index (χ0) is 12.2. The summed E-state index contributed by atoms with van der Waals surface area (Å²) in [6.07, 6.45) is 0. The van der Waals surface area contributed by atoms with Crippen LogP contribution in [0, 0.1) is 0 Å². The van der Waals surface area contributed by atoms with Crippen molar-refractivity contribution in [2.45, 2.75) is 5.51 Å². The first-order valence-electron chi connectivity index (χ1n) is 4.03. The highest BCUT2D eigenvalue weighted by Crippen LogP contribution is 2.32. The Morgan fingerprint density at radius 3 is 2.62 bits per heavy atom. The fraction of sp³-hybridized carbons (Fsp3) is 0.222. The molecule has 16 heavy (non-hydrogen) atoms. The highest BCUT2D eigenvalue weighted by Gasteiger charge is 2.31. The Balaban J connectivity index is 2.71. The maximum atomic E-state index is 11.8. The zero-order valence-corrected chi connectivity index (χ0v) is 8.89. The SMILES string of the molecule is COC(=O)c1cccc(OSC(F)(F)F)c1. The number of benzene rings is 1. The van der Waals surface area contributed by atoms with E-state index in [-0.39, 0.29) is 11.3 Å². The predicted octanol–water partition coefficient (Wildman–Crippen LogP) is 3.02. The average Bonchev–Trinajstić information content (AvgIpc) is 2.25. The van der Waals surface area contributed by atoms with E-state index in [0.29, 0.717) is 0 Å². The minimum absolute atomic E-state index is 0.0646. The van der Waals surface area contributed by atoms with Gasteiger partial charge in [-0.15, -0.1) is 0 Å². The smallest absolute Gasteiger partial charge is 0.465 e. The third kappa shape index (κ3) is 4.01. The minimum Gasteiger partial charge on any atom is -0.465 e. The van der Waals surface area contributed by atoms with Gasteiger partial charge in [0.1, 0.15) is 5.75 Å². The van der Waals surface area contributed by atoms with Crippen LogP contribution in [-0.2, 0) is 4.74 Å². The van der Waals surface area contributed by atoms with Crippen molar-refractivity contribution in [3.63, 3.8) is 0 Å². The molecule has 1 aromatic carbocycles. The number of hydrogen-bond acceptors (Lipinski definition) is 4. The third-order valence-corrected chi connectivity index (χ3v) is 1.95. The number of hydrogen-bond donors (Lipinski definition) is 0. The van der Waals surface area contributed by atoms with Crippen LogP contribution < -0.4 is 4.18 Å². The molecular weight excluding hydrogens is 245 g/mol.